The van der Waals surface area contributed by atoms with Gasteiger partial charge in [-0.05, 0) is 31.4 Å². The zero-order valence-corrected chi connectivity index (χ0v) is 18.8. The van der Waals surface area contributed by atoms with Crippen molar-refractivity contribution in [2.75, 3.05) is 32.6 Å². The number of piperidine rings is 1. The number of anilines is 1. The fraction of sp³-hybridized carbons (Fsp3) is 0.391. The first-order chi connectivity index (χ1) is 14.9. The lowest BCUT2D eigenvalue weighted by Crippen LogP contribution is -2.52. The van der Waals surface area contributed by atoms with E-state index in [4.69, 9.17) is 21.1 Å². The molecule has 3 amide bonds. The smallest absolute Gasteiger partial charge is 0.321 e. The summed E-state index contributed by atoms with van der Waals surface area (Å²) >= 11 is 6.20. The molecular formula is C23H28ClN3O4. The topological polar surface area (TPSA) is 79.9 Å². The van der Waals surface area contributed by atoms with Crippen molar-refractivity contribution in [3.63, 3.8) is 0 Å². The van der Waals surface area contributed by atoms with Crippen LogP contribution in [0.5, 0.6) is 11.5 Å². The van der Waals surface area contributed by atoms with E-state index in [0.29, 0.717) is 41.8 Å². The first kappa shape index (κ1) is 22.7. The Morgan fingerprint density at radius 3 is 2.52 bits per heavy atom. The fourth-order valence-electron chi connectivity index (χ4n) is 3.74. The minimum absolute atomic E-state index is 0.0566. The highest BCUT2D eigenvalue weighted by atomic mass is 35.5. The number of hydrogen-bond donors (Lipinski definition) is 2. The summed E-state index contributed by atoms with van der Waals surface area (Å²) in [7, 11) is 3.02. The number of hydrogen-bond acceptors (Lipinski definition) is 4. The Hall–Kier alpha value is -2.93. The van der Waals surface area contributed by atoms with Crippen LogP contribution < -0.4 is 20.1 Å². The summed E-state index contributed by atoms with van der Waals surface area (Å²) in [5, 5.41) is 6.22. The summed E-state index contributed by atoms with van der Waals surface area (Å²) < 4.78 is 10.5. The number of amides is 3. The Kier molecular flexibility index (Phi) is 7.28. The third-order valence-electron chi connectivity index (χ3n) is 5.54. The molecule has 0 saturated carbocycles. The van der Waals surface area contributed by atoms with Gasteiger partial charge in [0.25, 0.3) is 0 Å². The molecule has 31 heavy (non-hydrogen) atoms. The first-order valence-corrected chi connectivity index (χ1v) is 10.5. The summed E-state index contributed by atoms with van der Waals surface area (Å²) in [6.45, 7) is 3.26. The summed E-state index contributed by atoms with van der Waals surface area (Å²) in [5.74, 6) is 0.839. The molecule has 166 valence electrons. The molecule has 2 aromatic rings. The molecule has 0 aromatic heterocycles. The van der Waals surface area contributed by atoms with Gasteiger partial charge in [0.2, 0.25) is 5.91 Å². The summed E-state index contributed by atoms with van der Waals surface area (Å²) in [6, 6.07) is 12.7. The van der Waals surface area contributed by atoms with E-state index >= 15 is 0 Å². The van der Waals surface area contributed by atoms with Crippen LogP contribution in [0.2, 0.25) is 5.02 Å². The second-order valence-electron chi connectivity index (χ2n) is 7.87. The van der Waals surface area contributed by atoms with Crippen LogP contribution in [-0.2, 0) is 11.3 Å². The fourth-order valence-corrected chi connectivity index (χ4v) is 3.98. The molecule has 0 aliphatic carbocycles. The lowest BCUT2D eigenvalue weighted by molar-refractivity contribution is -0.132. The zero-order valence-electron chi connectivity index (χ0n) is 18.0. The second kappa shape index (κ2) is 9.92. The number of nitrogens with zero attached hydrogens (tertiary/aromatic N) is 1. The standard InChI is InChI=1S/C23H28ClN3O4/c1-23(21(28)25-14-16-8-5-4-6-9-16)10-7-11-27(15-23)22(29)26-18-12-17(24)19(30-2)13-20(18)31-3/h4-6,8-9,12-13H,7,10-11,14-15H2,1-3H3,(H,25,28)(H,26,29)/t23-/m0/s1. The number of likely N-dealkylation sites (tertiary alicyclic amines) is 1. The van der Waals surface area contributed by atoms with Gasteiger partial charge in [-0.15, -0.1) is 0 Å². The average molecular weight is 446 g/mol. The molecule has 1 saturated heterocycles. The molecule has 1 fully saturated rings. The number of carbonyl (C=O) groups excluding carboxylic acids is 2. The second-order valence-corrected chi connectivity index (χ2v) is 8.28. The van der Waals surface area contributed by atoms with Crippen molar-refractivity contribution in [2.45, 2.75) is 26.3 Å². The zero-order chi connectivity index (χ0) is 22.4. The average Bonchev–Trinajstić information content (AvgIpc) is 2.78. The van der Waals surface area contributed by atoms with Gasteiger partial charge in [0.15, 0.2) is 0 Å². The van der Waals surface area contributed by atoms with Gasteiger partial charge >= 0.3 is 6.03 Å². The number of urea groups is 1. The van der Waals surface area contributed by atoms with E-state index in [1.165, 1.54) is 14.2 Å². The van der Waals surface area contributed by atoms with Crippen LogP contribution in [0.3, 0.4) is 0 Å². The maximum atomic E-state index is 12.9. The Morgan fingerprint density at radius 2 is 1.84 bits per heavy atom. The molecule has 0 unspecified atom stereocenters. The predicted octanol–water partition coefficient (Wildman–Crippen LogP) is 4.31. The van der Waals surface area contributed by atoms with E-state index in [0.717, 1.165) is 18.4 Å². The summed E-state index contributed by atoms with van der Waals surface area (Å²) in [6.07, 6.45) is 1.46. The Bertz CT molecular complexity index is 938. The normalized spacial score (nSPS) is 18.3. The maximum Gasteiger partial charge on any atom is 0.321 e. The monoisotopic (exact) mass is 445 g/mol. The molecule has 1 heterocycles. The van der Waals surface area contributed by atoms with Crippen molar-refractivity contribution in [3.05, 3.63) is 53.1 Å². The molecule has 1 aliphatic heterocycles. The quantitative estimate of drug-likeness (QED) is 0.694. The summed E-state index contributed by atoms with van der Waals surface area (Å²) in [5.41, 5.74) is 0.818. The highest BCUT2D eigenvalue weighted by Crippen LogP contribution is 2.36. The van der Waals surface area contributed by atoms with E-state index in [1.54, 1.807) is 17.0 Å². The predicted molar refractivity (Wildman–Crippen MR) is 121 cm³/mol. The van der Waals surface area contributed by atoms with Crippen LogP contribution in [0.15, 0.2) is 42.5 Å². The molecule has 1 aliphatic rings. The van der Waals surface area contributed by atoms with Gasteiger partial charge in [0, 0.05) is 25.7 Å². The van der Waals surface area contributed by atoms with E-state index in [-0.39, 0.29) is 11.9 Å². The van der Waals surface area contributed by atoms with E-state index in [1.807, 2.05) is 37.3 Å². The maximum absolute atomic E-state index is 12.9. The molecule has 3 rings (SSSR count). The van der Waals surface area contributed by atoms with Gasteiger partial charge in [-0.25, -0.2) is 4.79 Å². The molecule has 0 bridgehead atoms. The van der Waals surface area contributed by atoms with Gasteiger partial charge in [-0.2, -0.15) is 0 Å². The largest absolute Gasteiger partial charge is 0.495 e. The van der Waals surface area contributed by atoms with Crippen LogP contribution in [0.4, 0.5) is 10.5 Å². The Morgan fingerprint density at radius 1 is 1.13 bits per heavy atom. The lowest BCUT2D eigenvalue weighted by Gasteiger charge is -2.39. The Balaban J connectivity index is 1.66. The van der Waals surface area contributed by atoms with Gasteiger partial charge in [-0.3, -0.25) is 4.79 Å². The van der Waals surface area contributed by atoms with Crippen LogP contribution in [0.1, 0.15) is 25.3 Å². The number of ether oxygens (including phenoxy) is 2. The molecule has 0 radical (unpaired) electrons. The van der Waals surface area contributed by atoms with Crippen molar-refractivity contribution in [2.24, 2.45) is 5.41 Å². The SMILES string of the molecule is COc1cc(OC)c(NC(=O)N2CCC[C@](C)(C(=O)NCc3ccccc3)C2)cc1Cl. The third kappa shape index (κ3) is 5.41. The van der Waals surface area contributed by atoms with Crippen LogP contribution in [-0.4, -0.2) is 44.1 Å². The highest BCUT2D eigenvalue weighted by molar-refractivity contribution is 6.32. The van der Waals surface area contributed by atoms with Gasteiger partial charge < -0.3 is 25.0 Å². The number of carbonyl (C=O) groups is 2. The van der Waals surface area contributed by atoms with Crippen LogP contribution in [0.25, 0.3) is 0 Å². The molecule has 2 N–H and O–H groups in total. The van der Waals surface area contributed by atoms with Crippen molar-refractivity contribution in [1.82, 2.24) is 10.2 Å². The highest BCUT2D eigenvalue weighted by Gasteiger charge is 2.39. The van der Waals surface area contributed by atoms with Crippen LogP contribution >= 0.6 is 11.6 Å². The van der Waals surface area contributed by atoms with Crippen molar-refractivity contribution in [3.8, 4) is 11.5 Å². The van der Waals surface area contributed by atoms with Crippen molar-refractivity contribution < 1.29 is 19.1 Å². The van der Waals surface area contributed by atoms with E-state index in [2.05, 4.69) is 10.6 Å². The molecule has 2 aromatic carbocycles. The summed E-state index contributed by atoms with van der Waals surface area (Å²) in [4.78, 5) is 27.5. The minimum Gasteiger partial charge on any atom is -0.495 e. The number of benzene rings is 2. The molecule has 1 atom stereocenters. The number of methoxy groups -OCH3 is 2. The van der Waals surface area contributed by atoms with Crippen molar-refractivity contribution >= 4 is 29.2 Å². The van der Waals surface area contributed by atoms with Crippen LogP contribution in [0, 0.1) is 5.41 Å². The van der Waals surface area contributed by atoms with Gasteiger partial charge in [0.05, 0.1) is 30.3 Å². The Labute approximate surface area is 187 Å². The van der Waals surface area contributed by atoms with E-state index in [9.17, 15) is 9.59 Å². The van der Waals surface area contributed by atoms with Crippen molar-refractivity contribution in [1.29, 1.82) is 0 Å². The first-order valence-electron chi connectivity index (χ1n) is 10.2. The molecule has 8 heteroatoms. The van der Waals surface area contributed by atoms with Gasteiger partial charge in [0.1, 0.15) is 11.5 Å². The molecule has 0 spiro atoms. The number of nitrogens with one attached hydrogen (secondary N) is 2. The number of halogens is 1. The molecule has 7 nitrogen and oxygen atoms in total. The minimum atomic E-state index is -0.661. The van der Waals surface area contributed by atoms with E-state index < -0.39 is 5.41 Å². The molecular weight excluding hydrogens is 418 g/mol. The number of rotatable bonds is 6. The van der Waals surface area contributed by atoms with Gasteiger partial charge in [-0.1, -0.05) is 41.9 Å². The third-order valence-corrected chi connectivity index (χ3v) is 5.84. The lowest BCUT2D eigenvalue weighted by atomic mass is 9.81.